The summed E-state index contributed by atoms with van der Waals surface area (Å²) in [5.74, 6) is 1.04. The largest absolute Gasteiger partial charge is 0.399 e. The molecule has 0 fully saturated rings. The lowest BCUT2D eigenvalue weighted by atomic mass is 10.0. The lowest BCUT2D eigenvalue weighted by Crippen LogP contribution is -2.26. The molecule has 0 spiro atoms. The number of ether oxygens (including phenoxy) is 1. The van der Waals surface area contributed by atoms with E-state index in [9.17, 15) is 0 Å². The van der Waals surface area contributed by atoms with Crippen LogP contribution in [0.4, 0.5) is 5.69 Å². The van der Waals surface area contributed by atoms with Gasteiger partial charge < -0.3 is 15.0 Å². The Morgan fingerprint density at radius 2 is 2.10 bits per heavy atom. The maximum Gasteiger partial charge on any atom is 0.258 e. The number of nitrogens with two attached hydrogens (primary N) is 1. The van der Waals surface area contributed by atoms with Crippen LogP contribution in [0.2, 0.25) is 0 Å². The highest BCUT2D eigenvalue weighted by Gasteiger charge is 2.31. The van der Waals surface area contributed by atoms with Crippen molar-refractivity contribution in [3.8, 4) is 11.5 Å². The van der Waals surface area contributed by atoms with Crippen LogP contribution in [0.5, 0.6) is 0 Å². The summed E-state index contributed by atoms with van der Waals surface area (Å²) >= 11 is 0. The maximum atomic E-state index is 5.82. The van der Waals surface area contributed by atoms with E-state index in [-0.39, 0.29) is 0 Å². The van der Waals surface area contributed by atoms with E-state index in [4.69, 9.17) is 15.0 Å². The van der Waals surface area contributed by atoms with Gasteiger partial charge in [-0.15, -0.1) is 0 Å². The molecule has 20 heavy (non-hydrogen) atoms. The molecule has 0 radical (unpaired) electrons. The molecule has 5 nitrogen and oxygen atoms in total. The van der Waals surface area contributed by atoms with Crippen molar-refractivity contribution in [1.29, 1.82) is 0 Å². The van der Waals surface area contributed by atoms with E-state index in [1.165, 1.54) is 0 Å². The second-order valence-electron chi connectivity index (χ2n) is 5.01. The average molecular weight is 275 g/mol. The maximum absolute atomic E-state index is 5.82. The van der Waals surface area contributed by atoms with Crippen LogP contribution in [0.3, 0.4) is 0 Å². The molecule has 1 heterocycles. The van der Waals surface area contributed by atoms with E-state index in [2.05, 4.69) is 10.1 Å². The Hall–Kier alpha value is -1.88. The van der Waals surface area contributed by atoms with E-state index >= 15 is 0 Å². The Morgan fingerprint density at radius 3 is 2.75 bits per heavy atom. The Balaban J connectivity index is 2.40. The van der Waals surface area contributed by atoms with E-state index in [1.807, 2.05) is 45.9 Å². The number of rotatable bonds is 5. The highest BCUT2D eigenvalue weighted by Crippen LogP contribution is 2.30. The van der Waals surface area contributed by atoms with Gasteiger partial charge in [0.05, 0.1) is 0 Å². The predicted molar refractivity (Wildman–Crippen MR) is 78.2 cm³/mol. The topological polar surface area (TPSA) is 74.2 Å². The number of benzene rings is 1. The first-order valence-corrected chi connectivity index (χ1v) is 6.84. The standard InChI is InChI=1S/C15H21N3O2/c1-5-15(4,19-6-2)14-17-13(20-18-14)12-9-11(16)8-7-10(12)3/h7-9H,5-6,16H2,1-4H3. The van der Waals surface area contributed by atoms with Crippen molar-refractivity contribution < 1.29 is 9.26 Å². The summed E-state index contributed by atoms with van der Waals surface area (Å²) in [6, 6.07) is 5.64. The molecule has 0 saturated carbocycles. The van der Waals surface area contributed by atoms with Gasteiger partial charge in [0.25, 0.3) is 5.89 Å². The van der Waals surface area contributed by atoms with Crippen LogP contribution in [0.25, 0.3) is 11.5 Å². The van der Waals surface area contributed by atoms with Gasteiger partial charge in [-0.05, 0) is 44.9 Å². The molecule has 5 heteroatoms. The summed E-state index contributed by atoms with van der Waals surface area (Å²) in [6.45, 7) is 8.55. The molecular formula is C15H21N3O2. The van der Waals surface area contributed by atoms with Gasteiger partial charge >= 0.3 is 0 Å². The minimum atomic E-state index is -0.523. The smallest absolute Gasteiger partial charge is 0.258 e. The quantitative estimate of drug-likeness (QED) is 0.847. The molecule has 0 aliphatic carbocycles. The summed E-state index contributed by atoms with van der Waals surface area (Å²) in [5.41, 5.74) is 7.87. The molecule has 2 aromatic rings. The Morgan fingerprint density at radius 1 is 1.35 bits per heavy atom. The summed E-state index contributed by atoms with van der Waals surface area (Å²) in [4.78, 5) is 4.49. The molecule has 1 atom stereocenters. The van der Waals surface area contributed by atoms with Crippen molar-refractivity contribution in [3.63, 3.8) is 0 Å². The molecule has 1 aromatic heterocycles. The van der Waals surface area contributed by atoms with Gasteiger partial charge in [-0.25, -0.2) is 0 Å². The fourth-order valence-corrected chi connectivity index (χ4v) is 2.06. The third-order valence-corrected chi connectivity index (χ3v) is 3.53. The first kappa shape index (κ1) is 14.5. The highest BCUT2D eigenvalue weighted by molar-refractivity contribution is 5.63. The Kier molecular flexibility index (Phi) is 4.09. The van der Waals surface area contributed by atoms with Gasteiger partial charge in [0.2, 0.25) is 5.82 Å². The lowest BCUT2D eigenvalue weighted by Gasteiger charge is -2.23. The molecule has 108 valence electrons. The van der Waals surface area contributed by atoms with Crippen molar-refractivity contribution in [2.45, 2.75) is 39.7 Å². The number of hydrogen-bond donors (Lipinski definition) is 1. The zero-order valence-electron chi connectivity index (χ0n) is 12.4. The Labute approximate surface area is 119 Å². The van der Waals surface area contributed by atoms with Crippen molar-refractivity contribution >= 4 is 5.69 Å². The van der Waals surface area contributed by atoms with Gasteiger partial charge in [0.15, 0.2) is 0 Å². The molecule has 2 N–H and O–H groups in total. The number of nitrogen functional groups attached to an aromatic ring is 1. The minimum absolute atomic E-state index is 0.476. The Bertz CT molecular complexity index is 595. The second-order valence-corrected chi connectivity index (χ2v) is 5.01. The van der Waals surface area contributed by atoms with E-state index in [0.717, 1.165) is 17.5 Å². The van der Waals surface area contributed by atoms with E-state index in [1.54, 1.807) is 0 Å². The van der Waals surface area contributed by atoms with Crippen LogP contribution in [0.15, 0.2) is 22.7 Å². The molecule has 0 saturated heterocycles. The SMILES string of the molecule is CCOC(C)(CC)c1noc(-c2cc(N)ccc2C)n1. The summed E-state index contributed by atoms with van der Waals surface area (Å²) in [6.07, 6.45) is 0.774. The molecule has 0 aliphatic heterocycles. The van der Waals surface area contributed by atoms with Crippen LogP contribution in [0, 0.1) is 6.92 Å². The lowest BCUT2D eigenvalue weighted by molar-refractivity contribution is -0.0403. The van der Waals surface area contributed by atoms with Gasteiger partial charge in [0.1, 0.15) is 5.60 Å². The molecule has 1 aromatic carbocycles. The molecule has 0 aliphatic rings. The van der Waals surface area contributed by atoms with Crippen molar-refractivity contribution in [1.82, 2.24) is 10.1 Å². The van der Waals surface area contributed by atoms with Gasteiger partial charge in [-0.3, -0.25) is 0 Å². The highest BCUT2D eigenvalue weighted by atomic mass is 16.5. The van der Waals surface area contributed by atoms with Gasteiger partial charge in [0, 0.05) is 17.9 Å². The van der Waals surface area contributed by atoms with Crippen LogP contribution in [-0.4, -0.2) is 16.7 Å². The van der Waals surface area contributed by atoms with Crippen LogP contribution >= 0.6 is 0 Å². The summed E-state index contributed by atoms with van der Waals surface area (Å²) < 4.78 is 11.1. The van der Waals surface area contributed by atoms with E-state index in [0.29, 0.717) is 24.0 Å². The molecular weight excluding hydrogens is 254 g/mol. The second kappa shape index (κ2) is 5.63. The first-order chi connectivity index (χ1) is 9.50. The van der Waals surface area contributed by atoms with Crippen LogP contribution in [-0.2, 0) is 10.3 Å². The zero-order chi connectivity index (χ0) is 14.8. The summed E-state index contributed by atoms with van der Waals surface area (Å²) in [5, 5.41) is 4.07. The number of nitrogens with zero attached hydrogens (tertiary/aromatic N) is 2. The number of aromatic nitrogens is 2. The van der Waals surface area contributed by atoms with E-state index < -0.39 is 5.60 Å². The number of anilines is 1. The number of hydrogen-bond acceptors (Lipinski definition) is 5. The minimum Gasteiger partial charge on any atom is -0.399 e. The van der Waals surface area contributed by atoms with Crippen molar-refractivity contribution in [3.05, 3.63) is 29.6 Å². The first-order valence-electron chi connectivity index (χ1n) is 6.84. The van der Waals surface area contributed by atoms with Gasteiger partial charge in [-0.2, -0.15) is 4.98 Å². The predicted octanol–water partition coefficient (Wildman–Crippen LogP) is 3.29. The molecule has 0 amide bonds. The average Bonchev–Trinajstić information content (AvgIpc) is 2.92. The van der Waals surface area contributed by atoms with Crippen LogP contribution < -0.4 is 5.73 Å². The third-order valence-electron chi connectivity index (χ3n) is 3.53. The van der Waals surface area contributed by atoms with Gasteiger partial charge in [-0.1, -0.05) is 18.1 Å². The molecule has 2 rings (SSSR count). The van der Waals surface area contributed by atoms with Crippen molar-refractivity contribution in [2.75, 3.05) is 12.3 Å². The van der Waals surface area contributed by atoms with Crippen molar-refractivity contribution in [2.24, 2.45) is 0 Å². The fraction of sp³-hybridized carbons (Fsp3) is 0.467. The monoisotopic (exact) mass is 275 g/mol. The number of aryl methyl sites for hydroxylation is 1. The zero-order valence-corrected chi connectivity index (χ0v) is 12.4. The van der Waals surface area contributed by atoms with Crippen LogP contribution in [0.1, 0.15) is 38.6 Å². The normalized spacial score (nSPS) is 14.2. The third kappa shape index (κ3) is 2.67. The summed E-state index contributed by atoms with van der Waals surface area (Å²) in [7, 11) is 0. The molecule has 1 unspecified atom stereocenters. The molecule has 0 bridgehead atoms. The fourth-order valence-electron chi connectivity index (χ4n) is 2.06.